The Morgan fingerprint density at radius 2 is 1.82 bits per heavy atom. The smallest absolute Gasteiger partial charge is 0.138 e. The molecule has 0 aromatic heterocycles. The molecule has 0 bridgehead atoms. The fourth-order valence-electron chi connectivity index (χ4n) is 0.674. The van der Waals surface area contributed by atoms with Gasteiger partial charge in [-0.1, -0.05) is 6.07 Å². The lowest BCUT2D eigenvalue weighted by Crippen LogP contribution is -2.02. The number of anilines is 1. The number of benzene rings is 1. The van der Waals surface area contributed by atoms with E-state index < -0.39 is 0 Å². The van der Waals surface area contributed by atoms with Crippen molar-refractivity contribution in [3.8, 4) is 5.75 Å². The second-order valence-corrected chi connectivity index (χ2v) is 2.06. The fraction of sp³-hybridized carbons (Fsp3) is 0.143. The van der Waals surface area contributed by atoms with Crippen LogP contribution >= 0.6 is 0 Å². The zero-order valence-corrected chi connectivity index (χ0v) is 6.41. The molecule has 0 aliphatic rings. The van der Waals surface area contributed by atoms with Gasteiger partial charge in [-0.15, -0.1) is 0 Å². The van der Waals surface area contributed by atoms with Crippen molar-refractivity contribution in [3.63, 3.8) is 0 Å². The molecule has 4 nitrogen and oxygen atoms in total. The first kappa shape index (κ1) is 9.74. The summed E-state index contributed by atoms with van der Waals surface area (Å²) in [6.07, 6.45) is 0. The van der Waals surface area contributed by atoms with E-state index in [9.17, 15) is 0 Å². The van der Waals surface area contributed by atoms with Crippen molar-refractivity contribution in [2.24, 2.45) is 11.7 Å². The molecule has 11 heavy (non-hydrogen) atoms. The van der Waals surface area contributed by atoms with Crippen molar-refractivity contribution in [3.05, 3.63) is 23.8 Å². The monoisotopic (exact) mass is 155 g/mol. The molecule has 4 heteroatoms. The van der Waals surface area contributed by atoms with Gasteiger partial charge in [-0.2, -0.15) is 0 Å². The van der Waals surface area contributed by atoms with Crippen molar-refractivity contribution >= 4 is 5.69 Å². The summed E-state index contributed by atoms with van der Waals surface area (Å²) in [6, 6.07) is 5.13. The number of hydrogen-bond acceptors (Lipinski definition) is 4. The number of hydrogen-bond donors (Lipinski definition) is 4. The number of hydrazine groups is 1. The number of aromatic hydroxyl groups is 1. The molecule has 0 unspecified atom stereocenters. The van der Waals surface area contributed by atoms with E-state index in [-0.39, 0.29) is 5.75 Å². The van der Waals surface area contributed by atoms with Crippen LogP contribution in [0.5, 0.6) is 5.75 Å². The Morgan fingerprint density at radius 1 is 1.27 bits per heavy atom. The summed E-state index contributed by atoms with van der Waals surface area (Å²) in [4.78, 5) is 0. The topological polar surface area (TPSA) is 98.3 Å². The summed E-state index contributed by atoms with van der Waals surface area (Å²) in [6.45, 7) is 1.93. The van der Waals surface area contributed by atoms with Gasteiger partial charge >= 0.3 is 0 Å². The van der Waals surface area contributed by atoms with Gasteiger partial charge in [-0.3, -0.25) is 11.7 Å². The van der Waals surface area contributed by atoms with Gasteiger partial charge in [-0.05, 0) is 24.6 Å². The average Bonchev–Trinajstić information content (AvgIpc) is 2.02. The second-order valence-electron chi connectivity index (χ2n) is 2.06. The SMILES string of the molecule is Cc1ccc(O)c(N)c1.NN. The van der Waals surface area contributed by atoms with Crippen LogP contribution in [0.4, 0.5) is 5.69 Å². The summed E-state index contributed by atoms with van der Waals surface area (Å²) >= 11 is 0. The van der Waals surface area contributed by atoms with E-state index in [1.54, 1.807) is 12.1 Å². The van der Waals surface area contributed by atoms with Gasteiger partial charge in [0.1, 0.15) is 5.75 Å². The molecule has 0 radical (unpaired) electrons. The van der Waals surface area contributed by atoms with Gasteiger partial charge in [0, 0.05) is 0 Å². The average molecular weight is 155 g/mol. The van der Waals surface area contributed by atoms with E-state index in [2.05, 4.69) is 11.7 Å². The molecule has 0 atom stereocenters. The van der Waals surface area contributed by atoms with Crippen LogP contribution < -0.4 is 17.4 Å². The van der Waals surface area contributed by atoms with Crippen molar-refractivity contribution in [1.29, 1.82) is 0 Å². The molecule has 0 spiro atoms. The summed E-state index contributed by atoms with van der Waals surface area (Å²) in [5.74, 6) is 8.15. The quantitative estimate of drug-likeness (QED) is 0.185. The van der Waals surface area contributed by atoms with Crippen molar-refractivity contribution in [2.45, 2.75) is 6.92 Å². The Balaban J connectivity index is 0.000000461. The lowest BCUT2D eigenvalue weighted by atomic mass is 10.2. The van der Waals surface area contributed by atoms with Crippen LogP contribution in [0, 0.1) is 6.92 Å². The van der Waals surface area contributed by atoms with Gasteiger partial charge in [0.2, 0.25) is 0 Å². The molecule has 0 amide bonds. The van der Waals surface area contributed by atoms with Gasteiger partial charge in [0.25, 0.3) is 0 Å². The van der Waals surface area contributed by atoms with Crippen LogP contribution in [0.3, 0.4) is 0 Å². The van der Waals surface area contributed by atoms with Crippen LogP contribution in [0.2, 0.25) is 0 Å². The molecule has 62 valence electrons. The first-order valence-electron chi connectivity index (χ1n) is 3.08. The molecule has 7 N–H and O–H groups in total. The highest BCUT2D eigenvalue weighted by molar-refractivity contribution is 5.52. The van der Waals surface area contributed by atoms with E-state index >= 15 is 0 Å². The van der Waals surface area contributed by atoms with Crippen LogP contribution in [0.15, 0.2) is 18.2 Å². The van der Waals surface area contributed by atoms with Gasteiger partial charge in [0.15, 0.2) is 0 Å². The Kier molecular flexibility index (Phi) is 4.02. The minimum Gasteiger partial charge on any atom is -0.506 e. The molecular formula is C7H13N3O. The van der Waals surface area contributed by atoms with Crippen molar-refractivity contribution in [2.75, 3.05) is 5.73 Å². The maximum atomic E-state index is 8.92. The molecule has 0 aliphatic carbocycles. The largest absolute Gasteiger partial charge is 0.506 e. The van der Waals surface area contributed by atoms with E-state index in [0.717, 1.165) is 5.56 Å². The Bertz CT molecular complexity index is 225. The molecule has 0 aliphatic heterocycles. The Labute approximate surface area is 65.6 Å². The number of phenols is 1. The molecule has 0 fully saturated rings. The van der Waals surface area contributed by atoms with Gasteiger partial charge < -0.3 is 10.8 Å². The summed E-state index contributed by atoms with van der Waals surface area (Å²) in [7, 11) is 0. The predicted molar refractivity (Wildman–Crippen MR) is 45.6 cm³/mol. The number of phenolic OH excluding ortho intramolecular Hbond substituents is 1. The van der Waals surface area contributed by atoms with Crippen molar-refractivity contribution in [1.82, 2.24) is 0 Å². The van der Waals surface area contributed by atoms with E-state index in [1.807, 2.05) is 13.0 Å². The molecule has 0 heterocycles. The maximum absolute atomic E-state index is 8.92. The highest BCUT2D eigenvalue weighted by Gasteiger charge is 1.92. The molecule has 1 aromatic carbocycles. The number of nitrogen functional groups attached to an aromatic ring is 1. The van der Waals surface area contributed by atoms with Gasteiger partial charge in [-0.25, -0.2) is 0 Å². The summed E-state index contributed by atoms with van der Waals surface area (Å²) in [5, 5.41) is 8.92. The highest BCUT2D eigenvalue weighted by Crippen LogP contribution is 2.19. The number of rotatable bonds is 0. The Morgan fingerprint density at radius 3 is 2.18 bits per heavy atom. The first-order valence-corrected chi connectivity index (χ1v) is 3.08. The number of nitrogens with two attached hydrogens (primary N) is 3. The molecule has 1 aromatic rings. The molecular weight excluding hydrogens is 142 g/mol. The normalized spacial score (nSPS) is 8.27. The highest BCUT2D eigenvalue weighted by atomic mass is 16.3. The Hall–Kier alpha value is -1.26. The standard InChI is InChI=1S/C7H9NO.H4N2/c1-5-2-3-7(9)6(8)4-5;1-2/h2-4,9H,8H2,1H3;1-2H2. The molecule has 1 rings (SSSR count). The maximum Gasteiger partial charge on any atom is 0.138 e. The lowest BCUT2D eigenvalue weighted by Gasteiger charge is -1.97. The zero-order chi connectivity index (χ0) is 8.85. The van der Waals surface area contributed by atoms with Crippen LogP contribution in [-0.2, 0) is 0 Å². The third-order valence-electron chi connectivity index (χ3n) is 1.18. The van der Waals surface area contributed by atoms with Crippen LogP contribution in [0.25, 0.3) is 0 Å². The number of aryl methyl sites for hydroxylation is 1. The second kappa shape index (κ2) is 4.54. The minimum absolute atomic E-state index is 0.153. The predicted octanol–water partition coefficient (Wildman–Crippen LogP) is 0.102. The van der Waals surface area contributed by atoms with Crippen LogP contribution in [-0.4, -0.2) is 5.11 Å². The van der Waals surface area contributed by atoms with E-state index in [1.165, 1.54) is 0 Å². The molecule has 0 saturated carbocycles. The lowest BCUT2D eigenvalue weighted by molar-refractivity contribution is 0.478. The minimum atomic E-state index is 0.153. The van der Waals surface area contributed by atoms with E-state index in [4.69, 9.17) is 10.8 Å². The third-order valence-corrected chi connectivity index (χ3v) is 1.18. The fourth-order valence-corrected chi connectivity index (χ4v) is 0.674. The summed E-state index contributed by atoms with van der Waals surface area (Å²) in [5.41, 5.74) is 6.87. The first-order chi connectivity index (χ1) is 5.20. The molecule has 0 saturated heterocycles. The van der Waals surface area contributed by atoms with Gasteiger partial charge in [0.05, 0.1) is 5.69 Å². The van der Waals surface area contributed by atoms with E-state index in [0.29, 0.717) is 5.69 Å². The summed E-state index contributed by atoms with van der Waals surface area (Å²) < 4.78 is 0. The zero-order valence-electron chi connectivity index (χ0n) is 6.41. The van der Waals surface area contributed by atoms with Crippen molar-refractivity contribution < 1.29 is 5.11 Å². The third kappa shape index (κ3) is 2.88. The van der Waals surface area contributed by atoms with Crippen LogP contribution in [0.1, 0.15) is 5.56 Å².